The number of aliphatic hydroxyl groups is 1. The van der Waals surface area contributed by atoms with Crippen LogP contribution < -0.4 is 4.90 Å². The van der Waals surface area contributed by atoms with Crippen molar-refractivity contribution in [3.05, 3.63) is 29.8 Å². The molecule has 0 saturated heterocycles. The molecule has 0 spiro atoms. The number of nitrogens with zero attached hydrogens (tertiary/aromatic N) is 1. The molecule has 1 aromatic carbocycles. The van der Waals surface area contributed by atoms with Crippen LogP contribution in [0.2, 0.25) is 0 Å². The Labute approximate surface area is 116 Å². The highest BCUT2D eigenvalue weighted by molar-refractivity contribution is 5.61. The molecule has 1 fully saturated rings. The summed E-state index contributed by atoms with van der Waals surface area (Å²) in [6.07, 6.45) is 6.73. The van der Waals surface area contributed by atoms with Crippen LogP contribution in [-0.2, 0) is 0 Å². The number of anilines is 1. The van der Waals surface area contributed by atoms with Gasteiger partial charge in [0.25, 0.3) is 0 Å². The Bertz CT molecular complexity index is 443. The molecule has 1 atom stereocenters. The van der Waals surface area contributed by atoms with Gasteiger partial charge in [0.05, 0.1) is 5.60 Å². The topological polar surface area (TPSA) is 23.5 Å². The fourth-order valence-electron chi connectivity index (χ4n) is 3.78. The number of benzene rings is 1. The average molecular weight is 259 g/mol. The minimum Gasteiger partial charge on any atom is -0.390 e. The van der Waals surface area contributed by atoms with Crippen molar-refractivity contribution in [2.24, 2.45) is 0 Å². The first kappa shape index (κ1) is 13.0. The predicted octanol–water partition coefficient (Wildman–Crippen LogP) is 3.69. The Morgan fingerprint density at radius 1 is 1.11 bits per heavy atom. The van der Waals surface area contributed by atoms with E-state index in [9.17, 15) is 5.11 Å². The molecule has 0 bridgehead atoms. The van der Waals surface area contributed by atoms with Gasteiger partial charge in [-0.25, -0.2) is 0 Å². The lowest BCUT2D eigenvalue weighted by Crippen LogP contribution is -2.39. The van der Waals surface area contributed by atoms with Gasteiger partial charge < -0.3 is 10.0 Å². The third-order valence-electron chi connectivity index (χ3n) is 4.87. The average Bonchev–Trinajstić information content (AvgIpc) is 2.79. The maximum absolute atomic E-state index is 10.5. The quantitative estimate of drug-likeness (QED) is 0.875. The first-order valence-corrected chi connectivity index (χ1v) is 7.65. The maximum atomic E-state index is 10.5. The Morgan fingerprint density at radius 2 is 1.79 bits per heavy atom. The Kier molecular flexibility index (Phi) is 3.30. The Balaban J connectivity index is 1.92. The first-order chi connectivity index (χ1) is 9.07. The second kappa shape index (κ2) is 4.82. The minimum absolute atomic E-state index is 0.241. The summed E-state index contributed by atoms with van der Waals surface area (Å²) >= 11 is 0. The number of para-hydroxylation sites is 1. The van der Waals surface area contributed by atoms with Crippen LogP contribution in [0.4, 0.5) is 5.69 Å². The van der Waals surface area contributed by atoms with Crippen LogP contribution in [0.3, 0.4) is 0 Å². The molecule has 1 aliphatic carbocycles. The van der Waals surface area contributed by atoms with E-state index in [1.165, 1.54) is 43.4 Å². The summed E-state index contributed by atoms with van der Waals surface area (Å²) in [4.78, 5) is 2.57. The van der Waals surface area contributed by atoms with E-state index < -0.39 is 5.60 Å². The van der Waals surface area contributed by atoms with E-state index in [0.29, 0.717) is 6.04 Å². The van der Waals surface area contributed by atoms with Crippen molar-refractivity contribution in [2.45, 2.75) is 63.5 Å². The van der Waals surface area contributed by atoms with E-state index in [-0.39, 0.29) is 5.92 Å². The van der Waals surface area contributed by atoms with Crippen molar-refractivity contribution in [3.63, 3.8) is 0 Å². The molecule has 104 valence electrons. The molecule has 1 aliphatic heterocycles. The normalized spacial score (nSPS) is 24.6. The molecule has 1 saturated carbocycles. The maximum Gasteiger partial charge on any atom is 0.0677 e. The fraction of sp³-hybridized carbons (Fsp3) is 0.647. The molecule has 2 heteroatoms. The SMILES string of the molecule is CC(C)(O)C1CN(C2CCCCC2)c2ccccc21. The molecule has 1 heterocycles. The van der Waals surface area contributed by atoms with Gasteiger partial charge in [0.1, 0.15) is 0 Å². The molecular weight excluding hydrogens is 234 g/mol. The van der Waals surface area contributed by atoms with Crippen molar-refractivity contribution >= 4 is 5.69 Å². The summed E-state index contributed by atoms with van der Waals surface area (Å²) in [5.41, 5.74) is 2.06. The smallest absolute Gasteiger partial charge is 0.0677 e. The molecule has 19 heavy (non-hydrogen) atoms. The van der Waals surface area contributed by atoms with Crippen LogP contribution in [0.5, 0.6) is 0 Å². The summed E-state index contributed by atoms with van der Waals surface area (Å²) in [7, 11) is 0. The monoisotopic (exact) mass is 259 g/mol. The molecule has 0 amide bonds. The standard InChI is InChI=1S/C17H25NO/c1-17(2,19)15-12-18(13-8-4-3-5-9-13)16-11-7-6-10-14(15)16/h6-7,10-11,13,15,19H,3-5,8-9,12H2,1-2H3. The molecule has 3 rings (SSSR count). The van der Waals surface area contributed by atoms with Crippen molar-refractivity contribution in [1.82, 2.24) is 0 Å². The molecule has 0 radical (unpaired) electrons. The molecular formula is C17H25NO. The van der Waals surface area contributed by atoms with Crippen molar-refractivity contribution in [3.8, 4) is 0 Å². The summed E-state index contributed by atoms with van der Waals surface area (Å²) in [6.45, 7) is 4.87. The van der Waals surface area contributed by atoms with Crippen LogP contribution in [0, 0.1) is 0 Å². The predicted molar refractivity (Wildman–Crippen MR) is 79.7 cm³/mol. The largest absolute Gasteiger partial charge is 0.390 e. The van der Waals surface area contributed by atoms with Crippen molar-refractivity contribution in [1.29, 1.82) is 0 Å². The summed E-state index contributed by atoms with van der Waals surface area (Å²) in [5.74, 6) is 0.241. The highest BCUT2D eigenvalue weighted by atomic mass is 16.3. The number of hydrogen-bond donors (Lipinski definition) is 1. The van der Waals surface area contributed by atoms with Crippen LogP contribution in [0.25, 0.3) is 0 Å². The second-order valence-corrected chi connectivity index (χ2v) is 6.71. The summed E-state index contributed by atoms with van der Waals surface area (Å²) in [5, 5.41) is 10.5. The number of fused-ring (bicyclic) bond motifs is 1. The third-order valence-corrected chi connectivity index (χ3v) is 4.87. The van der Waals surface area contributed by atoms with Crippen LogP contribution in [-0.4, -0.2) is 23.3 Å². The van der Waals surface area contributed by atoms with E-state index in [1.807, 2.05) is 13.8 Å². The zero-order chi connectivity index (χ0) is 13.5. The fourth-order valence-corrected chi connectivity index (χ4v) is 3.78. The van der Waals surface area contributed by atoms with E-state index in [1.54, 1.807) is 0 Å². The highest BCUT2D eigenvalue weighted by Crippen LogP contribution is 2.44. The van der Waals surface area contributed by atoms with Gasteiger partial charge in [-0.1, -0.05) is 37.5 Å². The lowest BCUT2D eigenvalue weighted by atomic mass is 9.86. The highest BCUT2D eigenvalue weighted by Gasteiger charge is 2.39. The molecule has 2 nitrogen and oxygen atoms in total. The Morgan fingerprint density at radius 3 is 2.47 bits per heavy atom. The molecule has 1 unspecified atom stereocenters. The lowest BCUT2D eigenvalue weighted by Gasteiger charge is -2.34. The minimum atomic E-state index is -0.639. The van der Waals surface area contributed by atoms with Gasteiger partial charge in [0, 0.05) is 24.2 Å². The number of rotatable bonds is 2. The number of hydrogen-bond acceptors (Lipinski definition) is 2. The van der Waals surface area contributed by atoms with Gasteiger partial charge in [0.2, 0.25) is 0 Å². The first-order valence-electron chi connectivity index (χ1n) is 7.65. The van der Waals surface area contributed by atoms with Crippen LogP contribution >= 0.6 is 0 Å². The van der Waals surface area contributed by atoms with Gasteiger partial charge in [-0.15, -0.1) is 0 Å². The lowest BCUT2D eigenvalue weighted by molar-refractivity contribution is 0.0542. The van der Waals surface area contributed by atoms with Gasteiger partial charge in [0.15, 0.2) is 0 Å². The van der Waals surface area contributed by atoms with E-state index >= 15 is 0 Å². The van der Waals surface area contributed by atoms with Gasteiger partial charge in [-0.3, -0.25) is 0 Å². The molecule has 2 aliphatic rings. The summed E-state index contributed by atoms with van der Waals surface area (Å²) in [6, 6.07) is 9.34. The third kappa shape index (κ3) is 2.38. The van der Waals surface area contributed by atoms with Gasteiger partial charge in [-0.2, -0.15) is 0 Å². The zero-order valence-electron chi connectivity index (χ0n) is 12.1. The van der Waals surface area contributed by atoms with Gasteiger partial charge >= 0.3 is 0 Å². The molecule has 1 aromatic rings. The molecule has 1 N–H and O–H groups in total. The molecule has 0 aromatic heterocycles. The second-order valence-electron chi connectivity index (χ2n) is 6.71. The van der Waals surface area contributed by atoms with Crippen LogP contribution in [0.15, 0.2) is 24.3 Å². The van der Waals surface area contributed by atoms with E-state index in [0.717, 1.165) is 6.54 Å². The Hall–Kier alpha value is -1.02. The van der Waals surface area contributed by atoms with E-state index in [2.05, 4.69) is 29.2 Å². The van der Waals surface area contributed by atoms with Crippen molar-refractivity contribution < 1.29 is 5.11 Å². The van der Waals surface area contributed by atoms with E-state index in [4.69, 9.17) is 0 Å². The van der Waals surface area contributed by atoms with Gasteiger partial charge in [-0.05, 0) is 38.3 Å². The van der Waals surface area contributed by atoms with Crippen molar-refractivity contribution in [2.75, 3.05) is 11.4 Å². The summed E-state index contributed by atoms with van der Waals surface area (Å²) < 4.78 is 0. The zero-order valence-corrected chi connectivity index (χ0v) is 12.1. The van der Waals surface area contributed by atoms with Crippen LogP contribution in [0.1, 0.15) is 57.4 Å².